The predicted octanol–water partition coefficient (Wildman–Crippen LogP) is 1.25. The van der Waals surface area contributed by atoms with Gasteiger partial charge in [0.1, 0.15) is 17.4 Å². The van der Waals surface area contributed by atoms with Gasteiger partial charge in [0.15, 0.2) is 0 Å². The van der Waals surface area contributed by atoms with Crippen molar-refractivity contribution in [1.82, 2.24) is 9.55 Å². The summed E-state index contributed by atoms with van der Waals surface area (Å²) < 4.78 is 6.56. The molecule has 5 nitrogen and oxygen atoms in total. The quantitative estimate of drug-likeness (QED) is 0.650. The summed E-state index contributed by atoms with van der Waals surface area (Å²) in [5, 5.41) is 8.66. The van der Waals surface area contributed by atoms with E-state index in [0.29, 0.717) is 0 Å². The van der Waals surface area contributed by atoms with Crippen LogP contribution in [0.1, 0.15) is 37.1 Å². The molecule has 0 aliphatic rings. The normalized spacial score (nSPS) is 10.9. The van der Waals surface area contributed by atoms with E-state index in [1.807, 2.05) is 6.07 Å². The Hall–Kier alpha value is -1.83. The van der Waals surface area contributed by atoms with Gasteiger partial charge in [0.05, 0.1) is 6.20 Å². The molecule has 0 amide bonds. The summed E-state index contributed by atoms with van der Waals surface area (Å²) in [6.45, 7) is 5.35. The SMILES string of the molecule is Cn1c(C(=O)OC(C)(C)C)cnc1C#N. The molecule has 1 aromatic rings. The average Bonchev–Trinajstić information content (AvgIpc) is 2.43. The highest BCUT2D eigenvalue weighted by Gasteiger charge is 2.21. The molecule has 0 N–H and O–H groups in total. The Morgan fingerprint density at radius 3 is 2.60 bits per heavy atom. The van der Waals surface area contributed by atoms with Gasteiger partial charge < -0.3 is 9.30 Å². The van der Waals surface area contributed by atoms with Crippen LogP contribution in [-0.2, 0) is 11.8 Å². The molecule has 0 saturated heterocycles. The van der Waals surface area contributed by atoms with E-state index in [1.165, 1.54) is 10.8 Å². The number of carbonyl (C=O) groups is 1. The first-order valence-electron chi connectivity index (χ1n) is 4.50. The maximum atomic E-state index is 11.6. The van der Waals surface area contributed by atoms with Crippen LogP contribution in [0.25, 0.3) is 0 Å². The molecule has 0 bridgehead atoms. The van der Waals surface area contributed by atoms with E-state index < -0.39 is 11.6 Å². The number of nitrogens with zero attached hydrogens (tertiary/aromatic N) is 3. The first-order valence-corrected chi connectivity index (χ1v) is 4.50. The Balaban J connectivity index is 2.94. The third-order valence-electron chi connectivity index (χ3n) is 1.70. The Bertz CT molecular complexity index is 421. The van der Waals surface area contributed by atoms with Crippen LogP contribution < -0.4 is 0 Å². The van der Waals surface area contributed by atoms with Gasteiger partial charge >= 0.3 is 5.97 Å². The lowest BCUT2D eigenvalue weighted by atomic mass is 10.2. The van der Waals surface area contributed by atoms with Crippen molar-refractivity contribution in [2.45, 2.75) is 26.4 Å². The molecule has 0 saturated carbocycles. The molecule has 0 aliphatic heterocycles. The van der Waals surface area contributed by atoms with Gasteiger partial charge in [-0.15, -0.1) is 0 Å². The van der Waals surface area contributed by atoms with Crippen molar-refractivity contribution in [2.75, 3.05) is 0 Å². The molecule has 0 aliphatic carbocycles. The number of hydrogen-bond acceptors (Lipinski definition) is 4. The summed E-state index contributed by atoms with van der Waals surface area (Å²) in [5.74, 6) is -0.283. The zero-order valence-electron chi connectivity index (χ0n) is 9.24. The van der Waals surface area contributed by atoms with Crippen LogP contribution in [0.5, 0.6) is 0 Å². The molecule has 5 heteroatoms. The lowest BCUT2D eigenvalue weighted by Crippen LogP contribution is -2.25. The Morgan fingerprint density at radius 1 is 1.60 bits per heavy atom. The van der Waals surface area contributed by atoms with Gasteiger partial charge in [-0.2, -0.15) is 5.26 Å². The molecular weight excluding hydrogens is 194 g/mol. The molecular formula is C10H13N3O2. The minimum absolute atomic E-state index is 0.191. The van der Waals surface area contributed by atoms with E-state index in [0.717, 1.165) is 0 Å². The van der Waals surface area contributed by atoms with Crippen LogP contribution >= 0.6 is 0 Å². The van der Waals surface area contributed by atoms with Crippen molar-refractivity contribution < 1.29 is 9.53 Å². The van der Waals surface area contributed by atoms with E-state index in [2.05, 4.69) is 4.98 Å². The van der Waals surface area contributed by atoms with E-state index in [9.17, 15) is 4.79 Å². The molecule has 15 heavy (non-hydrogen) atoms. The lowest BCUT2D eigenvalue weighted by Gasteiger charge is -2.19. The highest BCUT2D eigenvalue weighted by Crippen LogP contribution is 2.12. The predicted molar refractivity (Wildman–Crippen MR) is 53.1 cm³/mol. The molecule has 0 fully saturated rings. The molecule has 0 radical (unpaired) electrons. The maximum absolute atomic E-state index is 11.6. The van der Waals surface area contributed by atoms with Crippen LogP contribution in [0.4, 0.5) is 0 Å². The minimum Gasteiger partial charge on any atom is -0.455 e. The fourth-order valence-corrected chi connectivity index (χ4v) is 1.03. The number of rotatable bonds is 1. The summed E-state index contributed by atoms with van der Waals surface area (Å²) in [6, 6.07) is 1.88. The van der Waals surface area contributed by atoms with Crippen LogP contribution in [0.2, 0.25) is 0 Å². The van der Waals surface area contributed by atoms with Crippen molar-refractivity contribution >= 4 is 5.97 Å². The van der Waals surface area contributed by atoms with Crippen molar-refractivity contribution in [3.8, 4) is 6.07 Å². The molecule has 1 rings (SSSR count). The van der Waals surface area contributed by atoms with E-state index in [-0.39, 0.29) is 11.5 Å². The van der Waals surface area contributed by atoms with Gasteiger partial charge in [0, 0.05) is 7.05 Å². The largest absolute Gasteiger partial charge is 0.455 e. The second-order valence-electron chi connectivity index (χ2n) is 4.14. The van der Waals surface area contributed by atoms with Crippen molar-refractivity contribution in [1.29, 1.82) is 5.26 Å². The van der Waals surface area contributed by atoms with Gasteiger partial charge in [0.25, 0.3) is 0 Å². The van der Waals surface area contributed by atoms with Crippen molar-refractivity contribution in [3.05, 3.63) is 17.7 Å². The summed E-state index contributed by atoms with van der Waals surface area (Å²) in [5.41, 5.74) is -0.268. The molecule has 0 unspecified atom stereocenters. The Kier molecular flexibility index (Phi) is 2.80. The summed E-state index contributed by atoms with van der Waals surface area (Å²) in [7, 11) is 1.60. The van der Waals surface area contributed by atoms with Gasteiger partial charge in [-0.3, -0.25) is 0 Å². The van der Waals surface area contributed by atoms with E-state index in [1.54, 1.807) is 27.8 Å². The molecule has 0 spiro atoms. The topological polar surface area (TPSA) is 67.9 Å². The van der Waals surface area contributed by atoms with Crippen molar-refractivity contribution in [3.63, 3.8) is 0 Å². The molecule has 0 atom stereocenters. The zero-order valence-corrected chi connectivity index (χ0v) is 9.24. The zero-order chi connectivity index (χ0) is 11.6. The maximum Gasteiger partial charge on any atom is 0.357 e. The number of aromatic nitrogens is 2. The number of nitriles is 1. The van der Waals surface area contributed by atoms with Gasteiger partial charge in [-0.05, 0) is 20.8 Å². The molecule has 1 aromatic heterocycles. The third kappa shape index (κ3) is 2.56. The number of hydrogen-bond donors (Lipinski definition) is 0. The number of ether oxygens (including phenoxy) is 1. The Morgan fingerprint density at radius 2 is 2.20 bits per heavy atom. The van der Waals surface area contributed by atoms with Gasteiger partial charge in [-0.1, -0.05) is 0 Å². The lowest BCUT2D eigenvalue weighted by molar-refractivity contribution is 0.00588. The summed E-state index contributed by atoms with van der Waals surface area (Å²) >= 11 is 0. The second kappa shape index (κ2) is 3.73. The monoisotopic (exact) mass is 207 g/mol. The highest BCUT2D eigenvalue weighted by molar-refractivity contribution is 5.87. The molecule has 1 heterocycles. The Labute approximate surface area is 88.3 Å². The molecule has 80 valence electrons. The van der Waals surface area contributed by atoms with Crippen LogP contribution in [0, 0.1) is 11.3 Å². The molecule has 0 aromatic carbocycles. The van der Waals surface area contributed by atoms with Gasteiger partial charge in [-0.25, -0.2) is 9.78 Å². The summed E-state index contributed by atoms with van der Waals surface area (Å²) in [4.78, 5) is 15.4. The fourth-order valence-electron chi connectivity index (χ4n) is 1.03. The van der Waals surface area contributed by atoms with Gasteiger partial charge in [0.2, 0.25) is 5.82 Å². The van der Waals surface area contributed by atoms with E-state index in [4.69, 9.17) is 10.00 Å². The standard InChI is InChI=1S/C10H13N3O2/c1-10(2,3)15-9(14)7-6-12-8(5-11)13(7)4/h6H,1-4H3. The van der Waals surface area contributed by atoms with Crippen LogP contribution in [-0.4, -0.2) is 21.1 Å². The minimum atomic E-state index is -0.547. The number of esters is 1. The summed E-state index contributed by atoms with van der Waals surface area (Å²) in [6.07, 6.45) is 1.34. The first kappa shape index (κ1) is 11.2. The third-order valence-corrected chi connectivity index (χ3v) is 1.70. The van der Waals surface area contributed by atoms with Crippen molar-refractivity contribution in [2.24, 2.45) is 7.05 Å². The second-order valence-corrected chi connectivity index (χ2v) is 4.14. The average molecular weight is 207 g/mol. The van der Waals surface area contributed by atoms with Crippen LogP contribution in [0.15, 0.2) is 6.20 Å². The van der Waals surface area contributed by atoms with Crippen LogP contribution in [0.3, 0.4) is 0 Å². The first-order chi connectivity index (χ1) is 6.85. The smallest absolute Gasteiger partial charge is 0.357 e. The highest BCUT2D eigenvalue weighted by atomic mass is 16.6. The fraction of sp³-hybridized carbons (Fsp3) is 0.500. The number of carbonyl (C=O) groups excluding carboxylic acids is 1. The number of imidazole rings is 1. The van der Waals surface area contributed by atoms with E-state index >= 15 is 0 Å².